The van der Waals surface area contributed by atoms with Gasteiger partial charge in [-0.25, -0.2) is 4.98 Å². The first-order valence-corrected chi connectivity index (χ1v) is 17.2. The molecule has 8 rings (SSSR count). The number of rotatable bonds is 8. The van der Waals surface area contributed by atoms with E-state index >= 15 is 0 Å². The van der Waals surface area contributed by atoms with Gasteiger partial charge in [0.15, 0.2) is 0 Å². The van der Waals surface area contributed by atoms with Gasteiger partial charge >= 0.3 is 0 Å². The molecule has 1 atom stereocenters. The van der Waals surface area contributed by atoms with Crippen LogP contribution in [0.3, 0.4) is 0 Å². The van der Waals surface area contributed by atoms with Crippen LogP contribution in [0.1, 0.15) is 44.9 Å². The number of carbonyl (C=O) groups is 2. The maximum atomic E-state index is 13.4. The standard InChI is InChI=1S/C40H34N6O2S/c1-27-32(26-46(43-27)40(29-12-5-2-6-13-29,30-14-7-3-8-15-30)31-16-9-4-10-17-31)28-19-22-37-42-24-34(45(37)25-28)35-20-21-36(49-35)39(48)44-23-11-18-33(44)38(41)47/h2-10,12-17,19-22,24-26,33H,11,18,23H2,1H3,(H2,41,47)/t33-/m0/s1. The van der Waals surface area contributed by atoms with Gasteiger partial charge in [0, 0.05) is 30.1 Å². The van der Waals surface area contributed by atoms with Crippen molar-refractivity contribution >= 4 is 28.8 Å². The summed E-state index contributed by atoms with van der Waals surface area (Å²) in [5.41, 5.74) is 12.7. The van der Waals surface area contributed by atoms with E-state index in [4.69, 9.17) is 10.8 Å². The summed E-state index contributed by atoms with van der Waals surface area (Å²) in [7, 11) is 0. The van der Waals surface area contributed by atoms with Crippen molar-refractivity contribution in [3.63, 3.8) is 0 Å². The van der Waals surface area contributed by atoms with E-state index in [-0.39, 0.29) is 5.91 Å². The number of fused-ring (bicyclic) bond motifs is 1. The largest absolute Gasteiger partial charge is 0.368 e. The lowest BCUT2D eigenvalue weighted by Gasteiger charge is -2.36. The lowest BCUT2D eigenvalue weighted by atomic mass is 9.77. The quantitative estimate of drug-likeness (QED) is 0.175. The summed E-state index contributed by atoms with van der Waals surface area (Å²) >= 11 is 1.40. The third-order valence-electron chi connectivity index (χ3n) is 9.55. The van der Waals surface area contributed by atoms with Crippen molar-refractivity contribution in [3.05, 3.63) is 161 Å². The van der Waals surface area contributed by atoms with Crippen LogP contribution in [0.5, 0.6) is 0 Å². The molecular formula is C40H34N6O2S. The van der Waals surface area contributed by atoms with Crippen LogP contribution in [0.25, 0.3) is 27.3 Å². The molecule has 1 saturated heterocycles. The van der Waals surface area contributed by atoms with Gasteiger partial charge in [-0.2, -0.15) is 5.10 Å². The van der Waals surface area contributed by atoms with E-state index in [2.05, 4.69) is 105 Å². The Kier molecular flexibility index (Phi) is 7.69. The van der Waals surface area contributed by atoms with Gasteiger partial charge in [-0.05, 0) is 60.7 Å². The van der Waals surface area contributed by atoms with Crippen molar-refractivity contribution < 1.29 is 9.59 Å². The fraction of sp³-hybridized carbons (Fsp3) is 0.150. The average molecular weight is 663 g/mol. The van der Waals surface area contributed by atoms with Crippen LogP contribution < -0.4 is 5.73 Å². The van der Waals surface area contributed by atoms with E-state index < -0.39 is 17.5 Å². The van der Waals surface area contributed by atoms with E-state index in [0.29, 0.717) is 17.8 Å². The minimum absolute atomic E-state index is 0.158. The predicted octanol–water partition coefficient (Wildman–Crippen LogP) is 7.16. The molecule has 0 radical (unpaired) electrons. The van der Waals surface area contributed by atoms with Crippen LogP contribution in [0.2, 0.25) is 0 Å². The first kappa shape index (κ1) is 30.5. The fourth-order valence-corrected chi connectivity index (χ4v) is 8.18. The van der Waals surface area contributed by atoms with Gasteiger partial charge in [-0.15, -0.1) is 11.3 Å². The van der Waals surface area contributed by atoms with Crippen LogP contribution in [-0.4, -0.2) is 48.5 Å². The number of likely N-dealkylation sites (tertiary alicyclic amines) is 1. The van der Waals surface area contributed by atoms with Crippen LogP contribution >= 0.6 is 11.3 Å². The van der Waals surface area contributed by atoms with Crippen molar-refractivity contribution in [2.45, 2.75) is 31.3 Å². The van der Waals surface area contributed by atoms with Gasteiger partial charge in [0.2, 0.25) is 5.91 Å². The molecule has 242 valence electrons. The Balaban J connectivity index is 1.22. The van der Waals surface area contributed by atoms with Gasteiger partial charge in [-0.1, -0.05) is 91.0 Å². The van der Waals surface area contributed by atoms with Crippen molar-refractivity contribution in [2.24, 2.45) is 5.73 Å². The monoisotopic (exact) mass is 662 g/mol. The Hall–Kier alpha value is -5.80. The number of amides is 2. The number of aromatic nitrogens is 4. The normalized spacial score (nSPS) is 14.8. The fourth-order valence-electron chi connectivity index (χ4n) is 7.21. The van der Waals surface area contributed by atoms with Crippen LogP contribution in [0.4, 0.5) is 0 Å². The maximum absolute atomic E-state index is 13.4. The summed E-state index contributed by atoms with van der Waals surface area (Å²) in [6, 6.07) is 38.9. The molecule has 3 aromatic carbocycles. The maximum Gasteiger partial charge on any atom is 0.264 e. The van der Waals surface area contributed by atoms with Gasteiger partial charge in [0.1, 0.15) is 17.2 Å². The summed E-state index contributed by atoms with van der Waals surface area (Å²) in [6.45, 7) is 2.58. The van der Waals surface area contributed by atoms with Crippen LogP contribution in [0, 0.1) is 6.92 Å². The molecule has 1 aliphatic heterocycles. The summed E-state index contributed by atoms with van der Waals surface area (Å²) in [6.07, 6.45) is 7.45. The lowest BCUT2D eigenvalue weighted by Crippen LogP contribution is -2.43. The lowest BCUT2D eigenvalue weighted by molar-refractivity contribution is -0.121. The minimum Gasteiger partial charge on any atom is -0.368 e. The number of thiophene rings is 1. The third kappa shape index (κ3) is 5.14. The van der Waals surface area contributed by atoms with Gasteiger partial charge < -0.3 is 10.6 Å². The molecule has 49 heavy (non-hydrogen) atoms. The highest BCUT2D eigenvalue weighted by Crippen LogP contribution is 2.42. The van der Waals surface area contributed by atoms with Crippen molar-refractivity contribution in [1.29, 1.82) is 0 Å². The molecule has 0 spiro atoms. The number of pyridine rings is 1. The number of benzene rings is 3. The minimum atomic E-state index is -0.722. The molecular weight excluding hydrogens is 629 g/mol. The Labute approximate surface area is 288 Å². The second-order valence-corrected chi connectivity index (χ2v) is 13.5. The molecule has 9 heteroatoms. The highest BCUT2D eigenvalue weighted by Gasteiger charge is 2.40. The first-order valence-electron chi connectivity index (χ1n) is 16.4. The summed E-state index contributed by atoms with van der Waals surface area (Å²) in [4.78, 5) is 33.1. The number of primary amides is 1. The Bertz CT molecular complexity index is 2190. The van der Waals surface area contributed by atoms with Crippen molar-refractivity contribution in [2.75, 3.05) is 6.54 Å². The number of imidazole rings is 1. The van der Waals surface area contributed by atoms with Crippen molar-refractivity contribution in [1.82, 2.24) is 24.1 Å². The second-order valence-electron chi connectivity index (χ2n) is 12.4. The number of hydrogen-bond acceptors (Lipinski definition) is 5. The molecule has 0 aliphatic carbocycles. The van der Waals surface area contributed by atoms with E-state index in [1.807, 2.05) is 49.5 Å². The molecule has 0 bridgehead atoms. The van der Waals surface area contributed by atoms with E-state index in [9.17, 15) is 9.59 Å². The Morgan fingerprint density at radius 2 is 1.45 bits per heavy atom. The first-order chi connectivity index (χ1) is 23.9. The van der Waals surface area contributed by atoms with Gasteiger partial charge in [-0.3, -0.25) is 18.7 Å². The third-order valence-corrected chi connectivity index (χ3v) is 10.6. The van der Waals surface area contributed by atoms with E-state index in [0.717, 1.165) is 56.2 Å². The molecule has 4 aromatic heterocycles. The number of nitrogens with two attached hydrogens (primary N) is 1. The zero-order valence-corrected chi connectivity index (χ0v) is 27.8. The summed E-state index contributed by atoms with van der Waals surface area (Å²) in [5.74, 6) is -0.613. The molecule has 2 amide bonds. The molecule has 2 N–H and O–H groups in total. The predicted molar refractivity (Wildman–Crippen MR) is 192 cm³/mol. The van der Waals surface area contributed by atoms with Crippen LogP contribution in [-0.2, 0) is 10.3 Å². The van der Waals surface area contributed by atoms with E-state index in [1.165, 1.54) is 11.3 Å². The summed E-state index contributed by atoms with van der Waals surface area (Å²) < 4.78 is 4.17. The molecule has 0 saturated carbocycles. The molecule has 7 aromatic rings. The zero-order chi connectivity index (χ0) is 33.5. The summed E-state index contributed by atoms with van der Waals surface area (Å²) in [5, 5.41) is 5.23. The smallest absolute Gasteiger partial charge is 0.264 e. The molecule has 0 unspecified atom stereocenters. The molecule has 1 fully saturated rings. The highest BCUT2D eigenvalue weighted by molar-refractivity contribution is 7.17. The highest BCUT2D eigenvalue weighted by atomic mass is 32.1. The van der Waals surface area contributed by atoms with Gasteiger partial charge in [0.05, 0.1) is 27.3 Å². The Morgan fingerprint density at radius 3 is 2.06 bits per heavy atom. The average Bonchev–Trinajstić information content (AvgIpc) is 3.96. The number of aryl methyl sites for hydroxylation is 1. The van der Waals surface area contributed by atoms with Crippen LogP contribution in [0.15, 0.2) is 134 Å². The number of hydrogen-bond donors (Lipinski definition) is 1. The molecule has 1 aliphatic rings. The molecule has 8 nitrogen and oxygen atoms in total. The van der Waals surface area contributed by atoms with E-state index in [1.54, 1.807) is 4.90 Å². The Morgan fingerprint density at radius 1 is 0.816 bits per heavy atom. The number of nitrogens with zero attached hydrogens (tertiary/aromatic N) is 5. The second kappa shape index (κ2) is 12.3. The topological polar surface area (TPSA) is 98.5 Å². The zero-order valence-electron chi connectivity index (χ0n) is 26.9. The molecule has 5 heterocycles. The van der Waals surface area contributed by atoms with Gasteiger partial charge in [0.25, 0.3) is 5.91 Å². The van der Waals surface area contributed by atoms with Crippen molar-refractivity contribution in [3.8, 4) is 21.7 Å². The number of carbonyl (C=O) groups excluding carboxylic acids is 2. The SMILES string of the molecule is Cc1nn(C(c2ccccc2)(c2ccccc2)c2ccccc2)cc1-c1ccc2ncc(-c3ccc(C(=O)N4CCC[C@H]4C(N)=O)s3)n2c1.